The van der Waals surface area contributed by atoms with Crippen LogP contribution >= 0.6 is 0 Å². The van der Waals surface area contributed by atoms with Gasteiger partial charge >= 0.3 is 0 Å². The van der Waals surface area contributed by atoms with E-state index in [2.05, 4.69) is 19.2 Å². The van der Waals surface area contributed by atoms with Crippen molar-refractivity contribution in [3.05, 3.63) is 0 Å². The molecule has 0 bridgehead atoms. The Morgan fingerprint density at radius 1 is 1.47 bits per heavy atom. The number of hydrogen-bond donors (Lipinski definition) is 1. The molecule has 3 nitrogen and oxygen atoms in total. The zero-order valence-corrected chi connectivity index (χ0v) is 9.88. The molecule has 1 atom stereocenters. The monoisotopic (exact) mass is 210 g/mol. The van der Waals surface area contributed by atoms with Crippen LogP contribution in [0.4, 0.5) is 0 Å². The maximum Gasteiger partial charge on any atom is 0.240 e. The van der Waals surface area contributed by atoms with E-state index in [0.29, 0.717) is 11.3 Å². The summed E-state index contributed by atoms with van der Waals surface area (Å²) in [4.78, 5) is 14.0. The van der Waals surface area contributed by atoms with Gasteiger partial charge in [-0.15, -0.1) is 0 Å². The molecular formula is C12H22N2O. The fraction of sp³-hybridized carbons (Fsp3) is 0.917. The van der Waals surface area contributed by atoms with Gasteiger partial charge in [-0.2, -0.15) is 0 Å². The Morgan fingerprint density at radius 2 is 2.20 bits per heavy atom. The number of rotatable bonds is 5. The van der Waals surface area contributed by atoms with Crippen molar-refractivity contribution >= 4 is 5.91 Å². The Balaban J connectivity index is 1.87. The van der Waals surface area contributed by atoms with Crippen LogP contribution in [0.15, 0.2) is 0 Å². The molecule has 0 radical (unpaired) electrons. The number of carbonyl (C=O) groups is 1. The Morgan fingerprint density at radius 3 is 2.73 bits per heavy atom. The summed E-state index contributed by atoms with van der Waals surface area (Å²) in [6.45, 7) is 6.12. The Hall–Kier alpha value is -0.570. The van der Waals surface area contributed by atoms with E-state index in [0.717, 1.165) is 26.1 Å². The lowest BCUT2D eigenvalue weighted by molar-refractivity contribution is -0.129. The fourth-order valence-corrected chi connectivity index (χ4v) is 2.46. The fourth-order valence-electron chi connectivity index (χ4n) is 2.46. The predicted molar refractivity (Wildman–Crippen MR) is 60.4 cm³/mol. The SMILES string of the molecule is CCCC1NCN(CC2(CC)CC2)C1=O. The number of nitrogens with zero attached hydrogens (tertiary/aromatic N) is 1. The zero-order chi connectivity index (χ0) is 10.9. The maximum absolute atomic E-state index is 12.0. The molecule has 0 spiro atoms. The van der Waals surface area contributed by atoms with Crippen molar-refractivity contribution in [2.24, 2.45) is 5.41 Å². The van der Waals surface area contributed by atoms with Crippen LogP contribution in [-0.4, -0.2) is 30.1 Å². The highest BCUT2D eigenvalue weighted by Crippen LogP contribution is 2.49. The van der Waals surface area contributed by atoms with E-state index in [-0.39, 0.29) is 6.04 Å². The lowest BCUT2D eigenvalue weighted by Gasteiger charge is -2.21. The molecule has 1 aliphatic carbocycles. The second kappa shape index (κ2) is 4.12. The second-order valence-electron chi connectivity index (χ2n) is 5.09. The molecule has 2 fully saturated rings. The molecule has 0 aromatic heterocycles. The molecule has 1 saturated heterocycles. The van der Waals surface area contributed by atoms with Crippen LogP contribution in [0.3, 0.4) is 0 Å². The van der Waals surface area contributed by atoms with Gasteiger partial charge in [0.25, 0.3) is 0 Å². The van der Waals surface area contributed by atoms with E-state index in [1.54, 1.807) is 0 Å². The van der Waals surface area contributed by atoms with Crippen LogP contribution in [-0.2, 0) is 4.79 Å². The first kappa shape index (κ1) is 10.9. The van der Waals surface area contributed by atoms with Crippen LogP contribution in [0.25, 0.3) is 0 Å². The van der Waals surface area contributed by atoms with Crippen molar-refractivity contribution in [1.29, 1.82) is 0 Å². The highest BCUT2D eigenvalue weighted by molar-refractivity contribution is 5.83. The number of amides is 1. The summed E-state index contributed by atoms with van der Waals surface area (Å²) in [7, 11) is 0. The highest BCUT2D eigenvalue weighted by Gasteiger charge is 2.44. The van der Waals surface area contributed by atoms with Crippen molar-refractivity contribution in [3.8, 4) is 0 Å². The Kier molecular flexibility index (Phi) is 3.01. The Labute approximate surface area is 92.2 Å². The highest BCUT2D eigenvalue weighted by atomic mass is 16.2. The minimum Gasteiger partial charge on any atom is -0.328 e. The molecular weight excluding hydrogens is 188 g/mol. The molecule has 1 saturated carbocycles. The number of nitrogens with one attached hydrogen (secondary N) is 1. The first-order valence-corrected chi connectivity index (χ1v) is 6.23. The summed E-state index contributed by atoms with van der Waals surface area (Å²) in [6.07, 6.45) is 5.90. The quantitative estimate of drug-likeness (QED) is 0.749. The van der Waals surface area contributed by atoms with Crippen LogP contribution in [0, 0.1) is 5.41 Å². The zero-order valence-electron chi connectivity index (χ0n) is 9.88. The van der Waals surface area contributed by atoms with Crippen molar-refractivity contribution in [3.63, 3.8) is 0 Å². The van der Waals surface area contributed by atoms with Crippen molar-refractivity contribution in [2.75, 3.05) is 13.2 Å². The van der Waals surface area contributed by atoms with E-state index in [1.165, 1.54) is 19.3 Å². The van der Waals surface area contributed by atoms with Crippen LogP contribution in [0.1, 0.15) is 46.0 Å². The van der Waals surface area contributed by atoms with E-state index in [4.69, 9.17) is 0 Å². The van der Waals surface area contributed by atoms with Gasteiger partial charge in [0.2, 0.25) is 5.91 Å². The molecule has 15 heavy (non-hydrogen) atoms. The molecule has 1 amide bonds. The summed E-state index contributed by atoms with van der Waals surface area (Å²) >= 11 is 0. The summed E-state index contributed by atoms with van der Waals surface area (Å²) in [5, 5.41) is 3.31. The molecule has 3 heteroatoms. The topological polar surface area (TPSA) is 32.3 Å². The third-order valence-corrected chi connectivity index (χ3v) is 3.95. The average Bonchev–Trinajstić information content (AvgIpc) is 2.94. The third-order valence-electron chi connectivity index (χ3n) is 3.95. The normalized spacial score (nSPS) is 28.5. The van der Waals surface area contributed by atoms with Gasteiger partial charge in [0.1, 0.15) is 0 Å². The lowest BCUT2D eigenvalue weighted by Crippen LogP contribution is -2.34. The summed E-state index contributed by atoms with van der Waals surface area (Å²) < 4.78 is 0. The van der Waals surface area contributed by atoms with Crippen LogP contribution in [0.5, 0.6) is 0 Å². The van der Waals surface area contributed by atoms with Gasteiger partial charge < -0.3 is 4.90 Å². The molecule has 0 aromatic carbocycles. The molecule has 1 unspecified atom stereocenters. The number of carbonyl (C=O) groups excluding carboxylic acids is 1. The molecule has 1 aliphatic heterocycles. The van der Waals surface area contributed by atoms with Crippen molar-refractivity contribution in [2.45, 2.75) is 52.0 Å². The molecule has 0 aromatic rings. The molecule has 86 valence electrons. The standard InChI is InChI=1S/C12H22N2O/c1-3-5-10-11(15)14(9-13-10)8-12(4-2)6-7-12/h10,13H,3-9H2,1-2H3. The smallest absolute Gasteiger partial charge is 0.240 e. The molecule has 1 N–H and O–H groups in total. The first-order chi connectivity index (χ1) is 7.21. The average molecular weight is 210 g/mol. The van der Waals surface area contributed by atoms with E-state index in [9.17, 15) is 4.79 Å². The van der Waals surface area contributed by atoms with Gasteiger partial charge in [-0.1, -0.05) is 20.3 Å². The predicted octanol–water partition coefficient (Wildman–Crippen LogP) is 1.73. The maximum atomic E-state index is 12.0. The van der Waals surface area contributed by atoms with Crippen LogP contribution in [0.2, 0.25) is 0 Å². The van der Waals surface area contributed by atoms with Crippen LogP contribution < -0.4 is 5.32 Å². The first-order valence-electron chi connectivity index (χ1n) is 6.23. The van der Waals surface area contributed by atoms with Gasteiger partial charge in [0.15, 0.2) is 0 Å². The Bertz CT molecular complexity index is 248. The minimum atomic E-state index is 0.0997. The van der Waals surface area contributed by atoms with Crippen molar-refractivity contribution < 1.29 is 4.79 Å². The van der Waals surface area contributed by atoms with Gasteiger partial charge in [0, 0.05) is 6.54 Å². The molecule has 1 heterocycles. The van der Waals surface area contributed by atoms with Gasteiger partial charge in [-0.25, -0.2) is 0 Å². The van der Waals surface area contributed by atoms with Gasteiger partial charge in [-0.05, 0) is 31.1 Å². The molecule has 2 aliphatic rings. The van der Waals surface area contributed by atoms with Gasteiger partial charge in [0.05, 0.1) is 12.7 Å². The van der Waals surface area contributed by atoms with E-state index < -0.39 is 0 Å². The van der Waals surface area contributed by atoms with Crippen molar-refractivity contribution in [1.82, 2.24) is 10.2 Å². The summed E-state index contributed by atoms with van der Waals surface area (Å²) in [5.41, 5.74) is 0.485. The number of hydrogen-bond acceptors (Lipinski definition) is 2. The molecule has 2 rings (SSSR count). The summed E-state index contributed by atoms with van der Waals surface area (Å²) in [6, 6.07) is 0.0997. The largest absolute Gasteiger partial charge is 0.328 e. The minimum absolute atomic E-state index is 0.0997. The summed E-state index contributed by atoms with van der Waals surface area (Å²) in [5.74, 6) is 0.330. The lowest BCUT2D eigenvalue weighted by atomic mass is 10.0. The third kappa shape index (κ3) is 2.17. The second-order valence-corrected chi connectivity index (χ2v) is 5.09. The van der Waals surface area contributed by atoms with E-state index >= 15 is 0 Å². The van der Waals surface area contributed by atoms with E-state index in [1.807, 2.05) is 4.90 Å². The van der Waals surface area contributed by atoms with Gasteiger partial charge in [-0.3, -0.25) is 10.1 Å².